The van der Waals surface area contributed by atoms with Gasteiger partial charge in [0.2, 0.25) is 15.9 Å². The largest absolute Gasteiger partial charge is 0.467 e. The van der Waals surface area contributed by atoms with Gasteiger partial charge in [-0.1, -0.05) is 36.9 Å². The van der Waals surface area contributed by atoms with E-state index in [-0.39, 0.29) is 34.5 Å². The molecule has 1 aromatic carbocycles. The van der Waals surface area contributed by atoms with Crippen molar-refractivity contribution in [3.63, 3.8) is 0 Å². The number of H-pyrrole nitrogens is 2. The zero-order valence-electron chi connectivity index (χ0n) is 20.9. The van der Waals surface area contributed by atoms with E-state index in [9.17, 15) is 22.8 Å². The van der Waals surface area contributed by atoms with E-state index in [1.807, 2.05) is 24.4 Å². The summed E-state index contributed by atoms with van der Waals surface area (Å²) in [6.07, 6.45) is 8.21. The van der Waals surface area contributed by atoms with Crippen molar-refractivity contribution in [2.24, 2.45) is 0 Å². The lowest BCUT2D eigenvalue weighted by atomic mass is 10.1. The molecule has 0 aliphatic heterocycles. The molecule has 0 saturated carbocycles. The fraction of sp³-hybridized carbons (Fsp3) is 0.148. The van der Waals surface area contributed by atoms with Crippen LogP contribution in [0.2, 0.25) is 0 Å². The van der Waals surface area contributed by atoms with Gasteiger partial charge < -0.3 is 14.3 Å². The Balaban J connectivity index is 1.72. The Kier molecular flexibility index (Phi) is 8.59. The fourth-order valence-corrected chi connectivity index (χ4v) is 5.72. The van der Waals surface area contributed by atoms with Gasteiger partial charge in [0.1, 0.15) is 11.8 Å². The number of hydrogen-bond donors (Lipinski definition) is 3. The van der Waals surface area contributed by atoms with Crippen LogP contribution in [0.1, 0.15) is 17.6 Å². The Morgan fingerprint density at radius 2 is 1.97 bits per heavy atom. The van der Waals surface area contributed by atoms with Crippen LogP contribution in [0.3, 0.4) is 0 Å². The van der Waals surface area contributed by atoms with Crippen molar-refractivity contribution >= 4 is 38.2 Å². The smallest absolute Gasteiger partial charge is 0.326 e. The minimum absolute atomic E-state index is 0.0238. The number of thiophene rings is 1. The molecule has 0 aliphatic rings. The first-order valence-electron chi connectivity index (χ1n) is 11.8. The molecule has 202 valence electrons. The number of allylic oxidation sites excluding steroid dienone is 3. The second-order valence-corrected chi connectivity index (χ2v) is 11.2. The molecular weight excluding hydrogens is 540 g/mol. The fourth-order valence-electron chi connectivity index (χ4n) is 3.78. The number of sulfonamides is 1. The minimum Gasteiger partial charge on any atom is -0.467 e. The predicted molar refractivity (Wildman–Crippen MR) is 150 cm³/mol. The van der Waals surface area contributed by atoms with Crippen molar-refractivity contribution in [2.45, 2.75) is 31.0 Å². The summed E-state index contributed by atoms with van der Waals surface area (Å²) in [6, 6.07) is 9.51. The molecule has 12 heteroatoms. The monoisotopic (exact) mass is 566 g/mol. The normalized spacial score (nSPS) is 12.8. The molecule has 1 amide bonds. The number of benzene rings is 1. The Hall–Kier alpha value is -4.26. The van der Waals surface area contributed by atoms with Gasteiger partial charge in [-0.05, 0) is 54.3 Å². The second-order valence-electron chi connectivity index (χ2n) is 8.48. The van der Waals surface area contributed by atoms with E-state index in [1.54, 1.807) is 36.4 Å². The molecule has 10 nitrogen and oxygen atoms in total. The molecule has 0 radical (unpaired) electrons. The highest BCUT2D eigenvalue weighted by Gasteiger charge is 2.31. The maximum atomic E-state index is 13.9. The maximum absolute atomic E-state index is 13.9. The van der Waals surface area contributed by atoms with Gasteiger partial charge in [-0.25, -0.2) is 13.2 Å². The summed E-state index contributed by atoms with van der Waals surface area (Å²) in [6.45, 7) is 6.11. The molecule has 0 aliphatic carbocycles. The summed E-state index contributed by atoms with van der Waals surface area (Å²) in [5.74, 6) is -0.0131. The molecule has 0 unspecified atom stereocenters. The predicted octanol–water partition coefficient (Wildman–Crippen LogP) is 3.44. The number of aromatic amines is 2. The number of amides is 1. The van der Waals surface area contributed by atoms with Crippen LogP contribution in [0.4, 0.5) is 0 Å². The van der Waals surface area contributed by atoms with E-state index >= 15 is 0 Å². The molecule has 0 saturated heterocycles. The average Bonchev–Trinajstić information content (AvgIpc) is 3.61. The van der Waals surface area contributed by atoms with Crippen molar-refractivity contribution in [2.75, 3.05) is 0 Å². The molecule has 1 atom stereocenters. The first-order chi connectivity index (χ1) is 18.7. The minimum atomic E-state index is -4.33. The van der Waals surface area contributed by atoms with Crippen LogP contribution in [-0.2, 0) is 27.9 Å². The van der Waals surface area contributed by atoms with Gasteiger partial charge in [-0.3, -0.25) is 14.6 Å². The summed E-state index contributed by atoms with van der Waals surface area (Å²) in [5, 5.41) is 1.86. The van der Waals surface area contributed by atoms with Crippen molar-refractivity contribution in [3.05, 3.63) is 122 Å². The van der Waals surface area contributed by atoms with E-state index < -0.39 is 33.2 Å². The maximum Gasteiger partial charge on any atom is 0.326 e. The number of nitrogens with zero attached hydrogens (tertiary/aromatic N) is 1. The third-order valence-electron chi connectivity index (χ3n) is 5.69. The molecule has 4 rings (SSSR count). The second kappa shape index (κ2) is 12.1. The number of fused-ring (bicyclic) bond motifs is 1. The number of rotatable bonds is 11. The van der Waals surface area contributed by atoms with E-state index in [4.69, 9.17) is 4.42 Å². The van der Waals surface area contributed by atoms with Gasteiger partial charge in [-0.15, -0.1) is 11.3 Å². The van der Waals surface area contributed by atoms with Crippen molar-refractivity contribution in [1.29, 1.82) is 0 Å². The highest BCUT2D eigenvalue weighted by Crippen LogP contribution is 2.20. The van der Waals surface area contributed by atoms with Gasteiger partial charge in [0, 0.05) is 4.88 Å². The average molecular weight is 567 g/mol. The van der Waals surface area contributed by atoms with Gasteiger partial charge in [0.25, 0.3) is 5.56 Å². The highest BCUT2D eigenvalue weighted by molar-refractivity contribution is 7.89. The standard InChI is InChI=1S/C27H26N4O6S2/c1-3-4-5-8-18(2)24(26(33)31(16-19-9-6-13-37-19)17-20-10-7-14-38-20)30-39(35,36)21-11-12-23-22(15-21)25(32)29-27(34)28-23/h3-15,24,30H,2,16-17H2,1H3,(H2,28,29,32,34)/b4-3-,8-5-/t24-/m1/s1. The summed E-state index contributed by atoms with van der Waals surface area (Å²) >= 11 is 1.47. The number of hydrogen-bond acceptors (Lipinski definition) is 7. The Morgan fingerprint density at radius 1 is 1.15 bits per heavy atom. The topological polar surface area (TPSA) is 145 Å². The number of nitrogens with one attached hydrogen (secondary N) is 3. The molecule has 3 N–H and O–H groups in total. The van der Waals surface area contributed by atoms with Gasteiger partial charge in [0.05, 0.1) is 35.2 Å². The summed E-state index contributed by atoms with van der Waals surface area (Å²) in [5.41, 5.74) is -1.06. The summed E-state index contributed by atoms with van der Waals surface area (Å²) in [7, 11) is -4.33. The van der Waals surface area contributed by atoms with E-state index in [0.29, 0.717) is 5.76 Å². The number of aromatic nitrogens is 2. The molecule has 0 spiro atoms. The number of furan rings is 1. The van der Waals surface area contributed by atoms with Gasteiger partial charge in [-0.2, -0.15) is 4.72 Å². The quantitative estimate of drug-likeness (QED) is 0.237. The van der Waals surface area contributed by atoms with Crippen LogP contribution in [0.5, 0.6) is 0 Å². The lowest BCUT2D eigenvalue weighted by Crippen LogP contribution is -2.48. The van der Waals surface area contributed by atoms with Crippen molar-refractivity contribution in [1.82, 2.24) is 19.6 Å². The Morgan fingerprint density at radius 3 is 2.67 bits per heavy atom. The molecule has 4 aromatic rings. The van der Waals surface area contributed by atoms with Crippen LogP contribution >= 0.6 is 11.3 Å². The molecule has 39 heavy (non-hydrogen) atoms. The molecule has 0 fully saturated rings. The summed E-state index contributed by atoms with van der Waals surface area (Å²) in [4.78, 5) is 44.4. The SMILES string of the molecule is C=C(/C=C\C=C/C)[C@@H](NS(=O)(=O)c1ccc2[nH]c(=O)[nH]c(=O)c2c1)C(=O)N(Cc1ccco1)Cc1cccs1. The first-order valence-corrected chi connectivity index (χ1v) is 14.1. The Bertz CT molecular complexity index is 1710. The molecule has 0 bridgehead atoms. The zero-order chi connectivity index (χ0) is 28.0. The van der Waals surface area contributed by atoms with Crippen molar-refractivity contribution in [3.8, 4) is 0 Å². The first kappa shape index (κ1) is 27.8. The van der Waals surface area contributed by atoms with Crippen LogP contribution in [0, 0.1) is 0 Å². The van der Waals surface area contributed by atoms with Crippen LogP contribution in [-0.4, -0.2) is 35.2 Å². The van der Waals surface area contributed by atoms with E-state index in [0.717, 1.165) is 10.9 Å². The van der Waals surface area contributed by atoms with Crippen LogP contribution in [0.25, 0.3) is 10.9 Å². The Labute approximate surface area is 228 Å². The van der Waals surface area contributed by atoms with Crippen LogP contribution < -0.4 is 16.0 Å². The van der Waals surface area contributed by atoms with E-state index in [1.165, 1.54) is 34.6 Å². The number of carbonyl (C=O) groups is 1. The van der Waals surface area contributed by atoms with E-state index in [2.05, 4.69) is 21.3 Å². The van der Waals surface area contributed by atoms with Gasteiger partial charge >= 0.3 is 5.69 Å². The van der Waals surface area contributed by atoms with Crippen molar-refractivity contribution < 1.29 is 17.6 Å². The highest BCUT2D eigenvalue weighted by atomic mass is 32.2. The lowest BCUT2D eigenvalue weighted by molar-refractivity contribution is -0.133. The molecular formula is C27H26N4O6S2. The van der Waals surface area contributed by atoms with Gasteiger partial charge in [0.15, 0.2) is 0 Å². The zero-order valence-corrected chi connectivity index (χ0v) is 22.6. The third kappa shape index (κ3) is 6.79. The lowest BCUT2D eigenvalue weighted by Gasteiger charge is -2.27. The molecule has 3 aromatic heterocycles. The molecule has 3 heterocycles. The van der Waals surface area contributed by atoms with Crippen LogP contribution in [0.15, 0.2) is 109 Å². The summed E-state index contributed by atoms with van der Waals surface area (Å²) < 4.78 is 34.9. The number of carbonyl (C=O) groups excluding carboxylic acids is 1. The third-order valence-corrected chi connectivity index (χ3v) is 7.97.